The lowest BCUT2D eigenvalue weighted by molar-refractivity contribution is 0.0940. The molecular weight excluding hydrogens is 500 g/mol. The van der Waals surface area contributed by atoms with Crippen LogP contribution in [0.3, 0.4) is 0 Å². The number of amides is 1. The summed E-state index contributed by atoms with van der Waals surface area (Å²) in [6.45, 7) is 4.31. The van der Waals surface area contributed by atoms with Crippen LogP contribution in [0, 0.1) is 0 Å². The number of anilines is 1. The zero-order valence-corrected chi connectivity index (χ0v) is 22.3. The second-order valence-electron chi connectivity index (χ2n) is 8.43. The number of sulfonamides is 1. The predicted octanol–water partition coefficient (Wildman–Crippen LogP) is 3.95. The summed E-state index contributed by atoms with van der Waals surface area (Å²) in [5.74, 6) is 0.360. The largest absolute Gasteiger partial charge is 0.494 e. The quantitative estimate of drug-likeness (QED) is 0.425. The van der Waals surface area contributed by atoms with Crippen LogP contribution >= 0.6 is 0 Å². The average molecular weight is 531 g/mol. The highest BCUT2D eigenvalue weighted by atomic mass is 32.2. The molecule has 0 unspecified atom stereocenters. The first kappa shape index (κ1) is 27.2. The summed E-state index contributed by atoms with van der Waals surface area (Å²) < 4.78 is 54.9. The molecule has 8 nitrogen and oxygen atoms in total. The van der Waals surface area contributed by atoms with Gasteiger partial charge in [-0.15, -0.1) is 0 Å². The van der Waals surface area contributed by atoms with Crippen LogP contribution in [0.1, 0.15) is 41.4 Å². The molecule has 0 radical (unpaired) electrons. The van der Waals surface area contributed by atoms with Crippen molar-refractivity contribution in [3.63, 3.8) is 0 Å². The Kier molecular flexibility index (Phi) is 8.42. The van der Waals surface area contributed by atoms with Crippen LogP contribution in [-0.2, 0) is 26.4 Å². The molecule has 0 aliphatic rings. The Bertz CT molecular complexity index is 1400. The lowest BCUT2D eigenvalue weighted by Crippen LogP contribution is -2.29. The molecule has 0 saturated carbocycles. The molecule has 1 amide bonds. The molecule has 0 aliphatic carbocycles. The first-order valence-electron chi connectivity index (χ1n) is 11.3. The number of sulfone groups is 1. The fourth-order valence-corrected chi connectivity index (χ4v) is 5.09. The summed E-state index contributed by atoms with van der Waals surface area (Å²) >= 11 is 0. The van der Waals surface area contributed by atoms with Gasteiger partial charge in [0, 0.05) is 11.8 Å². The Morgan fingerprint density at radius 3 is 1.97 bits per heavy atom. The maximum atomic E-state index is 12.7. The Balaban J connectivity index is 1.69. The summed E-state index contributed by atoms with van der Waals surface area (Å²) in [6.07, 6.45) is 2.29. The molecule has 36 heavy (non-hydrogen) atoms. The van der Waals surface area contributed by atoms with E-state index in [0.717, 1.165) is 23.6 Å². The second-order valence-corrected chi connectivity index (χ2v) is 12.4. The molecule has 0 bridgehead atoms. The molecule has 0 saturated heterocycles. The third kappa shape index (κ3) is 7.08. The first-order chi connectivity index (χ1) is 16.9. The van der Waals surface area contributed by atoms with Crippen LogP contribution < -0.4 is 14.4 Å². The highest BCUT2D eigenvalue weighted by molar-refractivity contribution is 7.92. The zero-order valence-electron chi connectivity index (χ0n) is 20.6. The SMILES string of the molecule is CCOc1ccc(N(Cc2ccc(C(=O)N[C@H](C)c3ccc(S(C)(=O)=O)cc3)cc2)S(C)(=O)=O)cc1. The van der Waals surface area contributed by atoms with Gasteiger partial charge >= 0.3 is 0 Å². The zero-order chi connectivity index (χ0) is 26.5. The number of carbonyl (C=O) groups is 1. The maximum absolute atomic E-state index is 12.7. The van der Waals surface area contributed by atoms with Crippen LogP contribution in [0.15, 0.2) is 77.7 Å². The van der Waals surface area contributed by atoms with Gasteiger partial charge in [-0.25, -0.2) is 16.8 Å². The molecule has 0 aliphatic heterocycles. The van der Waals surface area contributed by atoms with E-state index in [-0.39, 0.29) is 23.4 Å². The Morgan fingerprint density at radius 1 is 0.889 bits per heavy atom. The number of ether oxygens (including phenoxy) is 1. The van der Waals surface area contributed by atoms with Gasteiger partial charge in [-0.1, -0.05) is 24.3 Å². The fraction of sp³-hybridized carbons (Fsp3) is 0.269. The van der Waals surface area contributed by atoms with Crippen LogP contribution in [0.2, 0.25) is 0 Å². The smallest absolute Gasteiger partial charge is 0.251 e. The topological polar surface area (TPSA) is 110 Å². The van der Waals surface area contributed by atoms with Crippen LogP contribution in [0.25, 0.3) is 0 Å². The molecule has 3 rings (SSSR count). The molecule has 10 heteroatoms. The Hall–Kier alpha value is -3.37. The van der Waals surface area contributed by atoms with Crippen molar-refractivity contribution >= 4 is 31.5 Å². The van der Waals surface area contributed by atoms with Crippen LogP contribution in [0.5, 0.6) is 5.75 Å². The van der Waals surface area contributed by atoms with Crippen molar-refractivity contribution in [1.82, 2.24) is 5.32 Å². The van der Waals surface area contributed by atoms with E-state index < -0.39 is 19.9 Å². The van der Waals surface area contributed by atoms with E-state index in [0.29, 0.717) is 23.6 Å². The minimum absolute atomic E-state index is 0.109. The summed E-state index contributed by atoms with van der Waals surface area (Å²) in [6, 6.07) is 19.6. The van der Waals surface area contributed by atoms with E-state index in [1.165, 1.54) is 16.4 Å². The van der Waals surface area contributed by atoms with Gasteiger partial charge in [0.05, 0.1) is 36.0 Å². The lowest BCUT2D eigenvalue weighted by Gasteiger charge is -2.23. The number of hydrogen-bond acceptors (Lipinski definition) is 6. The van der Waals surface area contributed by atoms with Crippen molar-refractivity contribution in [2.45, 2.75) is 31.3 Å². The lowest BCUT2D eigenvalue weighted by atomic mass is 10.1. The minimum atomic E-state index is -3.55. The summed E-state index contributed by atoms with van der Waals surface area (Å²) in [5.41, 5.74) is 2.42. The molecule has 1 atom stereocenters. The van der Waals surface area contributed by atoms with Crippen molar-refractivity contribution in [3.8, 4) is 5.75 Å². The minimum Gasteiger partial charge on any atom is -0.494 e. The third-order valence-electron chi connectivity index (χ3n) is 5.53. The van der Waals surface area contributed by atoms with E-state index in [2.05, 4.69) is 5.32 Å². The van der Waals surface area contributed by atoms with E-state index in [4.69, 9.17) is 4.74 Å². The van der Waals surface area contributed by atoms with Crippen molar-refractivity contribution < 1.29 is 26.4 Å². The molecule has 3 aromatic carbocycles. The monoisotopic (exact) mass is 530 g/mol. The van der Waals surface area contributed by atoms with Crippen molar-refractivity contribution in [1.29, 1.82) is 0 Å². The van der Waals surface area contributed by atoms with E-state index in [9.17, 15) is 21.6 Å². The van der Waals surface area contributed by atoms with Gasteiger partial charge in [0.2, 0.25) is 10.0 Å². The number of nitrogens with zero attached hydrogens (tertiary/aromatic N) is 1. The first-order valence-corrected chi connectivity index (χ1v) is 15.0. The van der Waals surface area contributed by atoms with Gasteiger partial charge in [0.25, 0.3) is 5.91 Å². The summed E-state index contributed by atoms with van der Waals surface area (Å²) in [4.78, 5) is 12.9. The maximum Gasteiger partial charge on any atom is 0.251 e. The van der Waals surface area contributed by atoms with E-state index in [1.807, 2.05) is 13.8 Å². The molecule has 0 fully saturated rings. The van der Waals surface area contributed by atoms with Crippen LogP contribution in [-0.4, -0.2) is 41.9 Å². The number of rotatable bonds is 10. The number of nitrogens with one attached hydrogen (secondary N) is 1. The molecular formula is C26H30N2O6S2. The van der Waals surface area contributed by atoms with Gasteiger partial charge < -0.3 is 10.1 Å². The fourth-order valence-electron chi connectivity index (χ4n) is 3.57. The summed E-state index contributed by atoms with van der Waals surface area (Å²) in [5, 5.41) is 2.89. The molecule has 1 N–H and O–H groups in total. The number of benzene rings is 3. The van der Waals surface area contributed by atoms with Gasteiger partial charge in [-0.3, -0.25) is 9.10 Å². The molecule has 0 heterocycles. The van der Waals surface area contributed by atoms with Crippen molar-refractivity contribution in [3.05, 3.63) is 89.5 Å². The standard InChI is InChI=1S/C26H30N2O6S2/c1-5-34-24-14-12-23(13-15-24)28(36(4,32)33)18-20-6-8-22(9-7-20)26(29)27-19(2)21-10-16-25(17-11-21)35(3,30)31/h6-17,19H,5,18H2,1-4H3,(H,27,29)/t19-/m1/s1. The second kappa shape index (κ2) is 11.1. The third-order valence-corrected chi connectivity index (χ3v) is 7.80. The highest BCUT2D eigenvalue weighted by Crippen LogP contribution is 2.24. The van der Waals surface area contributed by atoms with E-state index >= 15 is 0 Å². The van der Waals surface area contributed by atoms with E-state index in [1.54, 1.807) is 60.7 Å². The van der Waals surface area contributed by atoms with Gasteiger partial charge in [0.1, 0.15) is 5.75 Å². The van der Waals surface area contributed by atoms with Crippen molar-refractivity contribution in [2.75, 3.05) is 23.4 Å². The van der Waals surface area contributed by atoms with Gasteiger partial charge in [-0.05, 0) is 73.5 Å². The predicted molar refractivity (Wildman–Crippen MR) is 141 cm³/mol. The van der Waals surface area contributed by atoms with Gasteiger partial charge in [-0.2, -0.15) is 0 Å². The van der Waals surface area contributed by atoms with Gasteiger partial charge in [0.15, 0.2) is 9.84 Å². The van der Waals surface area contributed by atoms with Crippen molar-refractivity contribution in [2.24, 2.45) is 0 Å². The highest BCUT2D eigenvalue weighted by Gasteiger charge is 2.19. The number of carbonyl (C=O) groups excluding carboxylic acids is 1. The molecule has 0 spiro atoms. The molecule has 3 aromatic rings. The Labute approximate surface area is 212 Å². The normalized spacial score (nSPS) is 12.6. The molecule has 192 valence electrons. The number of hydrogen-bond donors (Lipinski definition) is 1. The molecule has 0 aromatic heterocycles. The average Bonchev–Trinajstić information content (AvgIpc) is 2.82. The Morgan fingerprint density at radius 2 is 1.47 bits per heavy atom. The van der Waals surface area contributed by atoms with Crippen LogP contribution in [0.4, 0.5) is 5.69 Å². The summed E-state index contributed by atoms with van der Waals surface area (Å²) in [7, 11) is -6.84.